The van der Waals surface area contributed by atoms with E-state index in [1.807, 2.05) is 22.8 Å². The van der Waals surface area contributed by atoms with E-state index in [1.165, 1.54) is 17.6 Å². The predicted molar refractivity (Wildman–Crippen MR) is 110 cm³/mol. The Hall–Kier alpha value is -3.26. The van der Waals surface area contributed by atoms with Gasteiger partial charge in [0.1, 0.15) is 5.52 Å². The van der Waals surface area contributed by atoms with Gasteiger partial charge in [0.25, 0.3) is 5.91 Å². The molecular formula is C22H24N4O4. The van der Waals surface area contributed by atoms with Crippen LogP contribution >= 0.6 is 0 Å². The van der Waals surface area contributed by atoms with Gasteiger partial charge >= 0.3 is 5.97 Å². The number of benzene rings is 1. The fourth-order valence-electron chi connectivity index (χ4n) is 3.78. The molecule has 1 aliphatic rings. The van der Waals surface area contributed by atoms with Gasteiger partial charge in [0.05, 0.1) is 31.7 Å². The summed E-state index contributed by atoms with van der Waals surface area (Å²) in [6, 6.07) is 11.1. The summed E-state index contributed by atoms with van der Waals surface area (Å²) in [6.45, 7) is 3.18. The number of amides is 1. The van der Waals surface area contributed by atoms with Crippen molar-refractivity contribution in [1.82, 2.24) is 19.4 Å². The van der Waals surface area contributed by atoms with Crippen LogP contribution in [-0.2, 0) is 27.2 Å². The van der Waals surface area contributed by atoms with Crippen LogP contribution in [0.3, 0.4) is 0 Å². The zero-order chi connectivity index (χ0) is 21.1. The molecule has 3 aromatic rings. The molecule has 8 nitrogen and oxygen atoms in total. The average molecular weight is 408 g/mol. The number of morpholine rings is 1. The van der Waals surface area contributed by atoms with Crippen LogP contribution in [0.2, 0.25) is 0 Å². The summed E-state index contributed by atoms with van der Waals surface area (Å²) in [5.74, 6) is -0.774. The standard InChI is InChI=1S/C22H24N4O4/c1-15-19(22(28)29-2)26(10-11-30-15)21(27)17-12-18-20(23-13-17)25(14-24-18)9-8-16-6-4-3-5-7-16/h3-7,12-15,19H,8-11H2,1-2H3/t15-,19+/m1/s1. The summed E-state index contributed by atoms with van der Waals surface area (Å²) in [5.41, 5.74) is 2.99. The monoisotopic (exact) mass is 408 g/mol. The van der Waals surface area contributed by atoms with E-state index in [-0.39, 0.29) is 5.91 Å². The highest BCUT2D eigenvalue weighted by Gasteiger charge is 2.39. The van der Waals surface area contributed by atoms with Crippen molar-refractivity contribution in [3.05, 3.63) is 60.0 Å². The molecule has 0 radical (unpaired) electrons. The Kier molecular flexibility index (Phi) is 5.76. The predicted octanol–water partition coefficient (Wildman–Crippen LogP) is 2.08. The number of hydrogen-bond acceptors (Lipinski definition) is 6. The second-order valence-electron chi connectivity index (χ2n) is 7.28. The maximum Gasteiger partial charge on any atom is 0.331 e. The molecule has 4 rings (SSSR count). The van der Waals surface area contributed by atoms with Crippen molar-refractivity contribution >= 4 is 23.0 Å². The summed E-state index contributed by atoms with van der Waals surface area (Å²) in [5, 5.41) is 0. The van der Waals surface area contributed by atoms with Gasteiger partial charge in [-0.1, -0.05) is 30.3 Å². The Labute approximate surface area is 174 Å². The molecule has 2 atom stereocenters. The fraction of sp³-hybridized carbons (Fsp3) is 0.364. The quantitative estimate of drug-likeness (QED) is 0.601. The Morgan fingerprint density at radius 2 is 2.03 bits per heavy atom. The van der Waals surface area contributed by atoms with E-state index in [9.17, 15) is 9.59 Å². The largest absolute Gasteiger partial charge is 0.467 e. The molecule has 8 heteroatoms. The van der Waals surface area contributed by atoms with Crippen LogP contribution in [0.5, 0.6) is 0 Å². The minimum atomic E-state index is -0.782. The van der Waals surface area contributed by atoms with Gasteiger partial charge in [-0.2, -0.15) is 0 Å². The Morgan fingerprint density at radius 1 is 1.23 bits per heavy atom. The van der Waals surface area contributed by atoms with Crippen molar-refractivity contribution in [3.63, 3.8) is 0 Å². The highest BCUT2D eigenvalue weighted by molar-refractivity contribution is 5.98. The fourth-order valence-corrected chi connectivity index (χ4v) is 3.78. The van der Waals surface area contributed by atoms with Gasteiger partial charge < -0.3 is 18.9 Å². The summed E-state index contributed by atoms with van der Waals surface area (Å²) in [7, 11) is 1.31. The minimum absolute atomic E-state index is 0.284. The normalized spacial score (nSPS) is 19.1. The number of aryl methyl sites for hydroxylation is 2. The third-order valence-corrected chi connectivity index (χ3v) is 5.38. The minimum Gasteiger partial charge on any atom is -0.467 e. The van der Waals surface area contributed by atoms with Crippen molar-refractivity contribution < 1.29 is 19.1 Å². The number of rotatable bonds is 5. The average Bonchev–Trinajstić information content (AvgIpc) is 3.19. The molecule has 3 heterocycles. The molecule has 1 aromatic carbocycles. The number of pyridine rings is 1. The molecule has 30 heavy (non-hydrogen) atoms. The number of methoxy groups -OCH3 is 1. The number of fused-ring (bicyclic) bond motifs is 1. The van der Waals surface area contributed by atoms with E-state index in [1.54, 1.807) is 25.5 Å². The third-order valence-electron chi connectivity index (χ3n) is 5.38. The van der Waals surface area contributed by atoms with Crippen LogP contribution in [-0.4, -0.2) is 63.7 Å². The zero-order valence-corrected chi connectivity index (χ0v) is 17.0. The maximum atomic E-state index is 13.1. The first-order valence-electron chi connectivity index (χ1n) is 9.93. The summed E-state index contributed by atoms with van der Waals surface area (Å²) >= 11 is 0. The topological polar surface area (TPSA) is 86.6 Å². The van der Waals surface area contributed by atoms with Crippen molar-refractivity contribution in [1.29, 1.82) is 0 Å². The van der Waals surface area contributed by atoms with Gasteiger partial charge in [0, 0.05) is 19.3 Å². The van der Waals surface area contributed by atoms with Gasteiger partial charge in [0.2, 0.25) is 0 Å². The molecule has 0 spiro atoms. The number of ether oxygens (including phenoxy) is 2. The number of imidazole rings is 1. The molecule has 1 saturated heterocycles. The molecule has 1 amide bonds. The van der Waals surface area contributed by atoms with E-state index >= 15 is 0 Å². The van der Waals surface area contributed by atoms with E-state index < -0.39 is 18.1 Å². The highest BCUT2D eigenvalue weighted by atomic mass is 16.5. The molecule has 0 N–H and O–H groups in total. The number of carbonyl (C=O) groups is 2. The number of carbonyl (C=O) groups excluding carboxylic acids is 2. The second-order valence-corrected chi connectivity index (χ2v) is 7.28. The van der Waals surface area contributed by atoms with Crippen LogP contribution in [0.25, 0.3) is 11.2 Å². The lowest BCUT2D eigenvalue weighted by Gasteiger charge is -2.37. The molecular weight excluding hydrogens is 384 g/mol. The molecule has 156 valence electrons. The Bertz CT molecular complexity index is 1050. The molecule has 0 unspecified atom stereocenters. The molecule has 0 bridgehead atoms. The molecule has 1 fully saturated rings. The number of aromatic nitrogens is 3. The lowest BCUT2D eigenvalue weighted by Crippen LogP contribution is -2.56. The van der Waals surface area contributed by atoms with Gasteiger partial charge in [-0.05, 0) is 25.0 Å². The van der Waals surface area contributed by atoms with E-state index in [2.05, 4.69) is 22.1 Å². The SMILES string of the molecule is COC(=O)[C@@H]1[C@@H](C)OCCN1C(=O)c1cnc2c(c1)ncn2CCc1ccccc1. The summed E-state index contributed by atoms with van der Waals surface area (Å²) in [6.07, 6.45) is 3.70. The molecule has 0 aliphatic carbocycles. The summed E-state index contributed by atoms with van der Waals surface area (Å²) < 4.78 is 12.4. The first-order valence-corrected chi connectivity index (χ1v) is 9.93. The van der Waals surface area contributed by atoms with Gasteiger partial charge in [-0.3, -0.25) is 4.79 Å². The lowest BCUT2D eigenvalue weighted by atomic mass is 10.1. The first-order chi connectivity index (χ1) is 14.6. The third kappa shape index (κ3) is 3.91. The summed E-state index contributed by atoms with van der Waals surface area (Å²) in [4.78, 5) is 35.7. The second kappa shape index (κ2) is 8.62. The smallest absolute Gasteiger partial charge is 0.331 e. The Morgan fingerprint density at radius 3 is 2.80 bits per heavy atom. The van der Waals surface area contributed by atoms with Gasteiger partial charge in [-0.15, -0.1) is 0 Å². The maximum absolute atomic E-state index is 13.1. The lowest BCUT2D eigenvalue weighted by molar-refractivity contribution is -0.156. The first kappa shape index (κ1) is 20.0. The van der Waals surface area contributed by atoms with Crippen LogP contribution in [0.1, 0.15) is 22.8 Å². The van der Waals surface area contributed by atoms with E-state index in [0.29, 0.717) is 24.2 Å². The van der Waals surface area contributed by atoms with E-state index in [4.69, 9.17) is 9.47 Å². The molecule has 1 aliphatic heterocycles. The van der Waals surface area contributed by atoms with Crippen molar-refractivity contribution in [3.8, 4) is 0 Å². The number of hydrogen-bond donors (Lipinski definition) is 0. The van der Waals surface area contributed by atoms with Crippen LogP contribution in [0.4, 0.5) is 0 Å². The van der Waals surface area contributed by atoms with Gasteiger partial charge in [0.15, 0.2) is 11.7 Å². The van der Waals surface area contributed by atoms with Crippen LogP contribution < -0.4 is 0 Å². The van der Waals surface area contributed by atoms with Gasteiger partial charge in [-0.25, -0.2) is 14.8 Å². The number of esters is 1. The highest BCUT2D eigenvalue weighted by Crippen LogP contribution is 2.20. The number of nitrogens with zero attached hydrogens (tertiary/aromatic N) is 4. The van der Waals surface area contributed by atoms with Crippen molar-refractivity contribution in [2.24, 2.45) is 0 Å². The van der Waals surface area contributed by atoms with Crippen LogP contribution in [0, 0.1) is 0 Å². The zero-order valence-electron chi connectivity index (χ0n) is 17.0. The van der Waals surface area contributed by atoms with E-state index in [0.717, 1.165) is 18.6 Å². The molecule has 2 aromatic heterocycles. The van der Waals surface area contributed by atoms with Crippen molar-refractivity contribution in [2.75, 3.05) is 20.3 Å². The molecule has 0 saturated carbocycles. The Balaban J connectivity index is 1.54. The van der Waals surface area contributed by atoms with Crippen LogP contribution in [0.15, 0.2) is 48.9 Å². The van der Waals surface area contributed by atoms with Crippen molar-refractivity contribution in [2.45, 2.75) is 32.0 Å².